The molecule has 0 saturated heterocycles. The molecule has 0 atom stereocenters. The molecule has 1 amide bonds. The van der Waals surface area contributed by atoms with Crippen molar-refractivity contribution in [1.82, 2.24) is 4.90 Å². The van der Waals surface area contributed by atoms with E-state index < -0.39 is 4.92 Å². The smallest absolute Gasteiger partial charge is 0.269 e. The molecule has 0 aliphatic carbocycles. The minimum atomic E-state index is -0.532. The third kappa shape index (κ3) is 3.87. The maximum Gasteiger partial charge on any atom is 0.269 e. The van der Waals surface area contributed by atoms with Crippen LogP contribution >= 0.6 is 0 Å². The summed E-state index contributed by atoms with van der Waals surface area (Å²) in [5, 5.41) is 10.5. The van der Waals surface area contributed by atoms with Crippen molar-refractivity contribution >= 4 is 17.4 Å². The standard InChI is InChI=1S/C13H16N2O4/c1-3-14(4-2)13(17)9-12(16)10-5-7-11(8-6-10)15(18)19/h5-8H,3-4,9H2,1-2H3. The van der Waals surface area contributed by atoms with E-state index in [1.807, 2.05) is 13.8 Å². The molecule has 0 heterocycles. The zero-order valence-corrected chi connectivity index (χ0v) is 11.0. The normalized spacial score (nSPS) is 10.0. The number of benzene rings is 1. The second-order valence-electron chi connectivity index (χ2n) is 3.97. The number of carbonyl (C=O) groups excluding carboxylic acids is 2. The van der Waals surface area contributed by atoms with Gasteiger partial charge in [-0.15, -0.1) is 0 Å². The Hall–Kier alpha value is -2.24. The minimum Gasteiger partial charge on any atom is -0.343 e. The van der Waals surface area contributed by atoms with Crippen LogP contribution < -0.4 is 0 Å². The molecule has 6 nitrogen and oxygen atoms in total. The fraction of sp³-hybridized carbons (Fsp3) is 0.385. The summed E-state index contributed by atoms with van der Waals surface area (Å²) in [5.74, 6) is -0.555. The van der Waals surface area contributed by atoms with Crippen LogP contribution in [-0.2, 0) is 4.79 Å². The summed E-state index contributed by atoms with van der Waals surface area (Å²) in [6.45, 7) is 4.81. The van der Waals surface area contributed by atoms with Gasteiger partial charge in [0.15, 0.2) is 5.78 Å². The topological polar surface area (TPSA) is 80.5 Å². The van der Waals surface area contributed by atoms with Gasteiger partial charge in [-0.1, -0.05) is 0 Å². The van der Waals surface area contributed by atoms with E-state index in [2.05, 4.69) is 0 Å². The van der Waals surface area contributed by atoms with Crippen molar-refractivity contribution in [2.75, 3.05) is 13.1 Å². The molecular formula is C13H16N2O4. The highest BCUT2D eigenvalue weighted by Gasteiger charge is 2.16. The van der Waals surface area contributed by atoms with Crippen LogP contribution in [0.3, 0.4) is 0 Å². The predicted molar refractivity (Wildman–Crippen MR) is 70.0 cm³/mol. The van der Waals surface area contributed by atoms with Crippen molar-refractivity contribution in [1.29, 1.82) is 0 Å². The van der Waals surface area contributed by atoms with Gasteiger partial charge in [0.2, 0.25) is 5.91 Å². The Kier molecular flexibility index (Phi) is 5.17. The van der Waals surface area contributed by atoms with Crippen LogP contribution in [0.15, 0.2) is 24.3 Å². The third-order valence-corrected chi connectivity index (χ3v) is 2.83. The summed E-state index contributed by atoms with van der Waals surface area (Å²) in [6, 6.07) is 5.26. The van der Waals surface area contributed by atoms with Crippen LogP contribution in [0, 0.1) is 10.1 Å². The Labute approximate surface area is 111 Å². The SMILES string of the molecule is CCN(CC)C(=O)CC(=O)c1ccc([N+](=O)[O-])cc1. The summed E-state index contributed by atoms with van der Waals surface area (Å²) in [4.78, 5) is 35.1. The van der Waals surface area contributed by atoms with Crippen molar-refractivity contribution in [3.8, 4) is 0 Å². The molecule has 1 aromatic carbocycles. The average Bonchev–Trinajstić information content (AvgIpc) is 2.40. The van der Waals surface area contributed by atoms with Gasteiger partial charge in [0.1, 0.15) is 0 Å². The molecular weight excluding hydrogens is 248 g/mol. The van der Waals surface area contributed by atoms with Gasteiger partial charge in [-0.25, -0.2) is 0 Å². The van der Waals surface area contributed by atoms with Gasteiger partial charge in [0, 0.05) is 30.8 Å². The molecule has 0 aliphatic heterocycles. The zero-order valence-electron chi connectivity index (χ0n) is 11.0. The molecule has 0 fully saturated rings. The van der Waals surface area contributed by atoms with Crippen molar-refractivity contribution in [2.24, 2.45) is 0 Å². The second-order valence-corrected chi connectivity index (χ2v) is 3.97. The number of hydrogen-bond donors (Lipinski definition) is 0. The Morgan fingerprint density at radius 2 is 1.68 bits per heavy atom. The van der Waals surface area contributed by atoms with E-state index in [4.69, 9.17) is 0 Å². The summed E-state index contributed by atoms with van der Waals surface area (Å²) in [7, 11) is 0. The first-order valence-electron chi connectivity index (χ1n) is 6.05. The lowest BCUT2D eigenvalue weighted by Crippen LogP contribution is -2.32. The first kappa shape index (κ1) is 14.8. The van der Waals surface area contributed by atoms with E-state index in [0.29, 0.717) is 18.7 Å². The summed E-state index contributed by atoms with van der Waals surface area (Å²) in [5.41, 5.74) is 0.234. The lowest BCUT2D eigenvalue weighted by molar-refractivity contribution is -0.384. The second kappa shape index (κ2) is 6.63. The molecule has 0 unspecified atom stereocenters. The molecule has 0 N–H and O–H groups in total. The average molecular weight is 264 g/mol. The molecule has 0 bridgehead atoms. The van der Waals surface area contributed by atoms with Gasteiger partial charge in [-0.2, -0.15) is 0 Å². The van der Waals surface area contributed by atoms with Gasteiger partial charge in [0.05, 0.1) is 11.3 Å². The highest BCUT2D eigenvalue weighted by Crippen LogP contribution is 2.13. The fourth-order valence-corrected chi connectivity index (χ4v) is 1.70. The highest BCUT2D eigenvalue weighted by molar-refractivity contribution is 6.07. The number of nitro groups is 1. The van der Waals surface area contributed by atoms with Gasteiger partial charge in [-0.3, -0.25) is 19.7 Å². The predicted octanol–water partition coefficient (Wildman–Crippen LogP) is 2.04. The van der Waals surface area contributed by atoms with E-state index in [1.54, 1.807) is 4.90 Å². The number of hydrogen-bond acceptors (Lipinski definition) is 4. The first-order chi connectivity index (χ1) is 8.99. The molecule has 1 aromatic rings. The van der Waals surface area contributed by atoms with Crippen molar-refractivity contribution in [2.45, 2.75) is 20.3 Å². The molecule has 19 heavy (non-hydrogen) atoms. The summed E-state index contributed by atoms with van der Waals surface area (Å²) < 4.78 is 0. The number of non-ortho nitro benzene ring substituents is 1. The van der Waals surface area contributed by atoms with Gasteiger partial charge in [0.25, 0.3) is 5.69 Å². The van der Waals surface area contributed by atoms with Gasteiger partial charge >= 0.3 is 0 Å². The molecule has 6 heteroatoms. The lowest BCUT2D eigenvalue weighted by atomic mass is 10.1. The number of nitrogens with zero attached hydrogens (tertiary/aromatic N) is 2. The maximum absolute atomic E-state index is 11.9. The number of amides is 1. The van der Waals surface area contributed by atoms with E-state index in [1.165, 1.54) is 24.3 Å². The van der Waals surface area contributed by atoms with E-state index >= 15 is 0 Å². The Morgan fingerprint density at radius 1 is 1.16 bits per heavy atom. The van der Waals surface area contributed by atoms with Crippen LogP contribution in [-0.4, -0.2) is 34.6 Å². The van der Waals surface area contributed by atoms with E-state index in [0.717, 1.165) is 0 Å². The zero-order chi connectivity index (χ0) is 14.4. The van der Waals surface area contributed by atoms with Crippen molar-refractivity contribution in [3.63, 3.8) is 0 Å². The molecule has 0 radical (unpaired) electrons. The Balaban J connectivity index is 2.73. The quantitative estimate of drug-likeness (QED) is 0.341. The molecule has 0 saturated carbocycles. The summed E-state index contributed by atoms with van der Waals surface area (Å²) in [6.07, 6.45) is -0.209. The monoisotopic (exact) mass is 264 g/mol. The Morgan fingerprint density at radius 3 is 2.11 bits per heavy atom. The number of ketones is 1. The molecule has 0 spiro atoms. The minimum absolute atomic E-state index is 0.0772. The van der Waals surface area contributed by atoms with Crippen LogP contribution in [0.4, 0.5) is 5.69 Å². The lowest BCUT2D eigenvalue weighted by Gasteiger charge is -2.17. The van der Waals surface area contributed by atoms with Crippen molar-refractivity contribution < 1.29 is 14.5 Å². The fourth-order valence-electron chi connectivity index (χ4n) is 1.70. The van der Waals surface area contributed by atoms with Crippen LogP contribution in [0.25, 0.3) is 0 Å². The maximum atomic E-state index is 11.9. The number of Topliss-reactive ketones (excluding diaryl/α,β-unsaturated/α-hetero) is 1. The van der Waals surface area contributed by atoms with Gasteiger partial charge < -0.3 is 4.90 Å². The van der Waals surface area contributed by atoms with Crippen LogP contribution in [0.2, 0.25) is 0 Å². The van der Waals surface area contributed by atoms with E-state index in [9.17, 15) is 19.7 Å². The van der Waals surface area contributed by atoms with Gasteiger partial charge in [-0.05, 0) is 26.0 Å². The number of nitro benzene ring substituents is 1. The third-order valence-electron chi connectivity index (χ3n) is 2.83. The number of rotatable bonds is 6. The summed E-state index contributed by atoms with van der Waals surface area (Å²) >= 11 is 0. The van der Waals surface area contributed by atoms with Crippen molar-refractivity contribution in [3.05, 3.63) is 39.9 Å². The molecule has 0 aromatic heterocycles. The number of carbonyl (C=O) groups is 2. The molecule has 102 valence electrons. The molecule has 0 aliphatic rings. The van der Waals surface area contributed by atoms with E-state index in [-0.39, 0.29) is 23.8 Å². The van der Waals surface area contributed by atoms with Crippen LogP contribution in [0.5, 0.6) is 0 Å². The van der Waals surface area contributed by atoms with Crippen LogP contribution in [0.1, 0.15) is 30.6 Å². The Bertz CT molecular complexity index is 478. The first-order valence-corrected chi connectivity index (χ1v) is 6.05. The highest BCUT2D eigenvalue weighted by atomic mass is 16.6. The largest absolute Gasteiger partial charge is 0.343 e. The molecule has 1 rings (SSSR count).